The Hall–Kier alpha value is -4.01. The molecule has 35 heavy (non-hydrogen) atoms. The fraction of sp³-hybridized carbons (Fsp3) is 0.154. The predicted molar refractivity (Wildman–Crippen MR) is 134 cm³/mol. The molecule has 9 heteroatoms. The summed E-state index contributed by atoms with van der Waals surface area (Å²) in [5.41, 5.74) is 0.946. The quantitative estimate of drug-likeness (QED) is 0.406. The maximum absolute atomic E-state index is 12.7. The van der Waals surface area contributed by atoms with Crippen LogP contribution in [0.25, 0.3) is 22.2 Å². The van der Waals surface area contributed by atoms with Crippen LogP contribution in [-0.2, 0) is 19.7 Å². The molecule has 2 heterocycles. The summed E-state index contributed by atoms with van der Waals surface area (Å²) in [4.78, 5) is 17.0. The van der Waals surface area contributed by atoms with Crippen LogP contribution in [0.5, 0.6) is 5.75 Å². The molecule has 5 aromatic rings. The number of halogens is 1. The van der Waals surface area contributed by atoms with Crippen LogP contribution < -0.4 is 10.4 Å². The number of rotatable bonds is 5. The van der Waals surface area contributed by atoms with Gasteiger partial charge in [0.2, 0.25) is 0 Å². The van der Waals surface area contributed by atoms with E-state index in [1.807, 2.05) is 30.3 Å². The summed E-state index contributed by atoms with van der Waals surface area (Å²) in [6, 6.07) is 19.7. The minimum Gasteiger partial charge on any atom is -0.497 e. The van der Waals surface area contributed by atoms with Crippen LogP contribution in [0.1, 0.15) is 17.0 Å². The van der Waals surface area contributed by atoms with E-state index in [-0.39, 0.29) is 5.69 Å². The van der Waals surface area contributed by atoms with Gasteiger partial charge in [-0.05, 0) is 47.5 Å². The first-order valence-corrected chi connectivity index (χ1v) is 11.2. The number of aliphatic hydroxyl groups is 1. The molecule has 3 aromatic carbocycles. The van der Waals surface area contributed by atoms with Crippen molar-refractivity contribution in [2.75, 3.05) is 7.11 Å². The summed E-state index contributed by atoms with van der Waals surface area (Å²) in [6.45, 7) is 0. The van der Waals surface area contributed by atoms with Crippen LogP contribution in [0.3, 0.4) is 0 Å². The highest BCUT2D eigenvalue weighted by molar-refractivity contribution is 6.30. The maximum Gasteiger partial charge on any atom is 0.348 e. The molecule has 1 atom stereocenters. The number of benzene rings is 3. The van der Waals surface area contributed by atoms with E-state index in [9.17, 15) is 9.90 Å². The van der Waals surface area contributed by atoms with Crippen molar-refractivity contribution in [1.82, 2.24) is 24.3 Å². The van der Waals surface area contributed by atoms with Crippen LogP contribution in [-0.4, -0.2) is 36.5 Å². The Labute approximate surface area is 206 Å². The van der Waals surface area contributed by atoms with Crippen molar-refractivity contribution in [2.45, 2.75) is 5.60 Å². The summed E-state index contributed by atoms with van der Waals surface area (Å²) in [5.74, 6) is 0.978. The minimum atomic E-state index is -1.65. The highest BCUT2D eigenvalue weighted by Crippen LogP contribution is 2.38. The third-order valence-electron chi connectivity index (χ3n) is 6.17. The molecule has 8 nitrogen and oxygen atoms in total. The average molecular weight is 488 g/mol. The fourth-order valence-corrected chi connectivity index (χ4v) is 4.42. The Balaban J connectivity index is 1.83. The fourth-order valence-electron chi connectivity index (χ4n) is 4.29. The molecule has 0 saturated carbocycles. The van der Waals surface area contributed by atoms with Gasteiger partial charge in [-0.15, -0.1) is 10.2 Å². The first-order valence-electron chi connectivity index (χ1n) is 10.8. The Morgan fingerprint density at radius 1 is 1.00 bits per heavy atom. The SMILES string of the molecule is COc1cccc(-c2nc(=O)n(C)c3ccc(C(O)(c4ccc(Cl)cc4)c4nncn4C)cc23)c1. The van der Waals surface area contributed by atoms with Crippen LogP contribution >= 0.6 is 11.6 Å². The van der Waals surface area contributed by atoms with Gasteiger partial charge in [-0.3, -0.25) is 4.57 Å². The van der Waals surface area contributed by atoms with Gasteiger partial charge in [-0.25, -0.2) is 4.79 Å². The number of hydrogen-bond acceptors (Lipinski definition) is 6. The van der Waals surface area contributed by atoms with Crippen molar-refractivity contribution in [1.29, 1.82) is 0 Å². The van der Waals surface area contributed by atoms with Crippen LogP contribution in [0.2, 0.25) is 5.02 Å². The van der Waals surface area contributed by atoms with Crippen molar-refractivity contribution < 1.29 is 9.84 Å². The van der Waals surface area contributed by atoms with Crippen LogP contribution in [0.15, 0.2) is 77.9 Å². The molecule has 0 aliphatic rings. The normalized spacial score (nSPS) is 13.1. The third kappa shape index (κ3) is 3.77. The van der Waals surface area contributed by atoms with E-state index in [1.165, 1.54) is 10.9 Å². The van der Waals surface area contributed by atoms with Gasteiger partial charge < -0.3 is 14.4 Å². The molecule has 5 rings (SSSR count). The zero-order valence-corrected chi connectivity index (χ0v) is 20.1. The number of methoxy groups -OCH3 is 1. The Morgan fingerprint density at radius 2 is 1.74 bits per heavy atom. The standard InChI is InChI=1S/C26H22ClN5O3/c1-31-15-28-30-24(31)26(34,17-7-10-19(27)11-8-17)18-9-12-22-21(14-18)23(29-25(33)32(22)2)16-5-4-6-20(13-16)35-3/h4-15,34H,1-3H3. The summed E-state index contributed by atoms with van der Waals surface area (Å²) < 4.78 is 8.52. The Kier molecular flexibility index (Phi) is 5.62. The molecule has 0 saturated heterocycles. The van der Waals surface area contributed by atoms with E-state index in [4.69, 9.17) is 16.3 Å². The van der Waals surface area contributed by atoms with Crippen molar-refractivity contribution in [3.63, 3.8) is 0 Å². The van der Waals surface area contributed by atoms with Gasteiger partial charge >= 0.3 is 5.69 Å². The van der Waals surface area contributed by atoms with Gasteiger partial charge in [0.05, 0.1) is 18.3 Å². The van der Waals surface area contributed by atoms with Crippen molar-refractivity contribution in [3.05, 3.63) is 106 Å². The summed E-state index contributed by atoms with van der Waals surface area (Å²) in [5, 5.41) is 21.7. The first kappa shape index (κ1) is 22.8. The maximum atomic E-state index is 12.7. The van der Waals surface area contributed by atoms with Gasteiger partial charge in [0.15, 0.2) is 11.4 Å². The number of nitrogens with zero attached hydrogens (tertiary/aromatic N) is 5. The molecular formula is C26H22ClN5O3. The van der Waals surface area contributed by atoms with Gasteiger partial charge in [-0.2, -0.15) is 4.98 Å². The van der Waals surface area contributed by atoms with Crippen molar-refractivity contribution in [3.8, 4) is 17.0 Å². The summed E-state index contributed by atoms with van der Waals surface area (Å²) in [7, 11) is 5.02. The van der Waals surface area contributed by atoms with Gasteiger partial charge in [-0.1, -0.05) is 41.9 Å². The molecule has 0 amide bonds. The molecule has 1 unspecified atom stereocenters. The lowest BCUT2D eigenvalue weighted by Crippen LogP contribution is -2.32. The van der Waals surface area contributed by atoms with E-state index in [2.05, 4.69) is 15.2 Å². The van der Waals surface area contributed by atoms with Crippen LogP contribution in [0, 0.1) is 0 Å². The molecule has 176 valence electrons. The predicted octanol–water partition coefficient (Wildman–Crippen LogP) is 3.68. The summed E-state index contributed by atoms with van der Waals surface area (Å²) in [6.07, 6.45) is 1.53. The molecule has 1 N–H and O–H groups in total. The lowest BCUT2D eigenvalue weighted by atomic mass is 9.84. The average Bonchev–Trinajstić information content (AvgIpc) is 3.32. The zero-order chi connectivity index (χ0) is 24.7. The third-order valence-corrected chi connectivity index (χ3v) is 6.42. The minimum absolute atomic E-state index is 0.333. The monoisotopic (exact) mass is 487 g/mol. The number of hydrogen-bond donors (Lipinski definition) is 1. The number of fused-ring (bicyclic) bond motifs is 1. The lowest BCUT2D eigenvalue weighted by Gasteiger charge is -2.29. The smallest absolute Gasteiger partial charge is 0.348 e. The Bertz CT molecular complexity index is 1610. The molecule has 2 aromatic heterocycles. The lowest BCUT2D eigenvalue weighted by molar-refractivity contribution is 0.112. The second-order valence-corrected chi connectivity index (χ2v) is 8.69. The van der Waals surface area contributed by atoms with E-state index in [0.29, 0.717) is 44.3 Å². The highest BCUT2D eigenvalue weighted by Gasteiger charge is 2.38. The first-order chi connectivity index (χ1) is 16.8. The van der Waals surface area contributed by atoms with E-state index in [0.717, 1.165) is 5.56 Å². The molecule has 0 aliphatic carbocycles. The molecule has 0 spiro atoms. The Morgan fingerprint density at radius 3 is 2.43 bits per heavy atom. The molecule has 0 fully saturated rings. The largest absolute Gasteiger partial charge is 0.497 e. The number of aryl methyl sites for hydroxylation is 2. The van der Waals surface area contributed by atoms with E-state index >= 15 is 0 Å². The molecular weight excluding hydrogens is 466 g/mol. The molecule has 0 radical (unpaired) electrons. The second kappa shape index (κ2) is 8.65. The summed E-state index contributed by atoms with van der Waals surface area (Å²) >= 11 is 6.12. The highest BCUT2D eigenvalue weighted by atomic mass is 35.5. The molecule has 0 aliphatic heterocycles. The molecule has 0 bridgehead atoms. The van der Waals surface area contributed by atoms with Gasteiger partial charge in [0.1, 0.15) is 12.1 Å². The second-order valence-electron chi connectivity index (χ2n) is 8.25. The topological polar surface area (TPSA) is 95.1 Å². The van der Waals surface area contributed by atoms with Crippen molar-refractivity contribution >= 4 is 22.5 Å². The van der Waals surface area contributed by atoms with E-state index in [1.54, 1.807) is 62.2 Å². The number of aromatic nitrogens is 5. The zero-order valence-electron chi connectivity index (χ0n) is 19.3. The number of ether oxygens (including phenoxy) is 1. The van der Waals surface area contributed by atoms with Crippen LogP contribution in [0.4, 0.5) is 0 Å². The van der Waals surface area contributed by atoms with E-state index < -0.39 is 5.60 Å². The van der Waals surface area contributed by atoms with Gasteiger partial charge in [0.25, 0.3) is 0 Å². The van der Waals surface area contributed by atoms with Gasteiger partial charge in [0, 0.05) is 30.1 Å². The van der Waals surface area contributed by atoms with Crippen molar-refractivity contribution in [2.24, 2.45) is 14.1 Å².